The number of hydrogen-bond donors (Lipinski definition) is 4. The van der Waals surface area contributed by atoms with Crippen LogP contribution >= 0.6 is 11.6 Å². The van der Waals surface area contributed by atoms with Crippen LogP contribution in [-0.4, -0.2) is 53.8 Å². The van der Waals surface area contributed by atoms with E-state index in [2.05, 4.69) is 20.9 Å². The van der Waals surface area contributed by atoms with E-state index < -0.39 is 35.9 Å². The summed E-state index contributed by atoms with van der Waals surface area (Å²) in [7, 11) is 1.57. The van der Waals surface area contributed by atoms with Crippen molar-refractivity contribution in [3.63, 3.8) is 0 Å². The van der Waals surface area contributed by atoms with E-state index in [-0.39, 0.29) is 36.4 Å². The number of halogens is 3. The van der Waals surface area contributed by atoms with Crippen LogP contribution in [0.5, 0.6) is 0 Å². The summed E-state index contributed by atoms with van der Waals surface area (Å²) in [5, 5.41) is 8.80. The van der Waals surface area contributed by atoms with Gasteiger partial charge in [-0.3, -0.25) is 10.1 Å². The molecule has 3 rings (SSSR count). The molecule has 1 heterocycles. The summed E-state index contributed by atoms with van der Waals surface area (Å²) in [4.78, 5) is 42.5. The monoisotopic (exact) mass is 562 g/mol. The predicted octanol–water partition coefficient (Wildman–Crippen LogP) is 4.13. The Morgan fingerprint density at radius 1 is 1.13 bits per heavy atom. The first-order valence-corrected chi connectivity index (χ1v) is 12.4. The molecule has 4 amide bonds. The summed E-state index contributed by atoms with van der Waals surface area (Å²) in [6.45, 7) is 1.48. The fourth-order valence-corrected chi connectivity index (χ4v) is 3.80. The van der Waals surface area contributed by atoms with Gasteiger partial charge in [0.25, 0.3) is 0 Å². The number of anilines is 1. The molecular weight excluding hydrogens is 534 g/mol. The van der Waals surface area contributed by atoms with Crippen LogP contribution in [0.1, 0.15) is 25.3 Å². The Hall–Kier alpha value is -4.03. The van der Waals surface area contributed by atoms with Crippen LogP contribution < -0.4 is 21.7 Å². The number of carbonyl (C=O) groups excluding carboxylic acids is 3. The zero-order valence-corrected chi connectivity index (χ0v) is 22.1. The van der Waals surface area contributed by atoms with Crippen LogP contribution in [0.15, 0.2) is 48.7 Å². The van der Waals surface area contributed by atoms with Gasteiger partial charge in [-0.25, -0.2) is 23.4 Å². The molecule has 0 aliphatic carbocycles. The summed E-state index contributed by atoms with van der Waals surface area (Å²) in [5.41, 5.74) is 5.81. The lowest BCUT2D eigenvalue weighted by molar-refractivity contribution is -0.122. The van der Waals surface area contributed by atoms with Gasteiger partial charge >= 0.3 is 12.1 Å². The van der Waals surface area contributed by atoms with E-state index in [0.717, 1.165) is 0 Å². The number of nitrogens with one attached hydrogen (secondary N) is 3. The number of carbonyl (C=O) groups is 3. The molecule has 0 fully saturated rings. The highest BCUT2D eigenvalue weighted by atomic mass is 35.5. The molecule has 0 aliphatic heterocycles. The molecule has 0 radical (unpaired) electrons. The number of nitrogens with zero attached hydrogens (tertiary/aromatic N) is 2. The second-order valence-electron chi connectivity index (χ2n) is 8.76. The highest BCUT2D eigenvalue weighted by Gasteiger charge is 2.22. The molecule has 2 aromatic carbocycles. The zero-order valence-electron chi connectivity index (χ0n) is 21.3. The minimum atomic E-state index is -1.05. The lowest BCUT2D eigenvalue weighted by Gasteiger charge is -2.27. The fraction of sp³-hybridized carbons (Fsp3) is 0.308. The number of aromatic nitrogens is 1. The number of hydrogen-bond acceptors (Lipinski definition) is 6. The number of nitrogens with two attached hydrogens (primary N) is 1. The van der Waals surface area contributed by atoms with E-state index in [9.17, 15) is 23.2 Å². The maximum atomic E-state index is 13.6. The Balaban J connectivity index is 1.55. The molecule has 13 heteroatoms. The zero-order chi connectivity index (χ0) is 28.5. The number of rotatable bonds is 10. The van der Waals surface area contributed by atoms with Crippen LogP contribution in [0.4, 0.5) is 24.2 Å². The number of benzene rings is 2. The van der Waals surface area contributed by atoms with Crippen LogP contribution in [-0.2, 0) is 16.1 Å². The van der Waals surface area contributed by atoms with Gasteiger partial charge in [-0.15, -0.1) is 0 Å². The van der Waals surface area contributed by atoms with Gasteiger partial charge in [0.1, 0.15) is 17.5 Å². The second kappa shape index (κ2) is 13.7. The normalized spacial score (nSPS) is 12.4. The minimum absolute atomic E-state index is 0.0282. The minimum Gasteiger partial charge on any atom is -0.425 e. The van der Waals surface area contributed by atoms with Gasteiger partial charge in [-0.05, 0) is 54.6 Å². The van der Waals surface area contributed by atoms with E-state index in [0.29, 0.717) is 22.8 Å². The maximum absolute atomic E-state index is 13.6. The Labute approximate surface area is 228 Å². The Bertz CT molecular complexity index is 1350. The van der Waals surface area contributed by atoms with Crippen molar-refractivity contribution >= 4 is 46.2 Å². The standard InChI is InChI=1S/C26H29ClF2N6O4/c1-15(35(2)25(37)32-14-17-4-3-5-20(29)24(17)27)6-9-23(34-22(36)12-30)39-26(38)33-21-11-18-10-19(28)8-7-16(18)13-31-21/h3-5,7-8,10-11,13,15,23H,6,9,12,14,30H2,1-2H3,(H,32,37)(H,34,36)(H,31,33,38). The van der Waals surface area contributed by atoms with E-state index >= 15 is 0 Å². The van der Waals surface area contributed by atoms with Gasteiger partial charge in [-0.2, -0.15) is 0 Å². The van der Waals surface area contributed by atoms with Crippen LogP contribution in [0.3, 0.4) is 0 Å². The van der Waals surface area contributed by atoms with Crippen molar-refractivity contribution < 1.29 is 27.9 Å². The van der Waals surface area contributed by atoms with Gasteiger partial charge in [0.05, 0.1) is 11.6 Å². The summed E-state index contributed by atoms with van der Waals surface area (Å²) in [6.07, 6.45) is 0.0173. The SMILES string of the molecule is CC(CCC(NC(=O)CN)OC(=O)Nc1cc2cc(F)ccc2cn1)N(C)C(=O)NCc1cccc(F)c1Cl. The number of pyridine rings is 1. The van der Waals surface area contributed by atoms with Crippen molar-refractivity contribution in [3.8, 4) is 0 Å². The average Bonchev–Trinajstić information content (AvgIpc) is 2.91. The van der Waals surface area contributed by atoms with E-state index in [1.165, 1.54) is 41.4 Å². The Morgan fingerprint density at radius 2 is 1.90 bits per heavy atom. The predicted molar refractivity (Wildman–Crippen MR) is 143 cm³/mol. The smallest absolute Gasteiger partial charge is 0.414 e. The van der Waals surface area contributed by atoms with Gasteiger partial charge in [0.15, 0.2) is 6.23 Å². The van der Waals surface area contributed by atoms with Gasteiger partial charge in [0.2, 0.25) is 5.91 Å². The molecule has 0 saturated heterocycles. The molecule has 39 heavy (non-hydrogen) atoms. The Morgan fingerprint density at radius 3 is 2.64 bits per heavy atom. The molecule has 0 saturated carbocycles. The molecule has 0 bridgehead atoms. The molecule has 2 atom stereocenters. The fourth-order valence-electron chi connectivity index (χ4n) is 3.61. The topological polar surface area (TPSA) is 139 Å². The van der Waals surface area contributed by atoms with Gasteiger partial charge in [0, 0.05) is 37.6 Å². The molecular formula is C26H29ClF2N6O4. The molecule has 2 unspecified atom stereocenters. The molecule has 0 aliphatic rings. The number of fused-ring (bicyclic) bond motifs is 1. The lowest BCUT2D eigenvalue weighted by Crippen LogP contribution is -2.45. The van der Waals surface area contributed by atoms with Crippen molar-refractivity contribution in [2.24, 2.45) is 5.73 Å². The first kappa shape index (κ1) is 29.5. The van der Waals surface area contributed by atoms with E-state index in [1.54, 1.807) is 26.1 Å². The molecule has 5 N–H and O–H groups in total. The third kappa shape index (κ3) is 8.48. The molecule has 3 aromatic rings. The summed E-state index contributed by atoms with van der Waals surface area (Å²) >= 11 is 5.93. The quantitative estimate of drug-likeness (QED) is 0.274. The first-order chi connectivity index (χ1) is 18.6. The van der Waals surface area contributed by atoms with E-state index in [4.69, 9.17) is 22.1 Å². The maximum Gasteiger partial charge on any atom is 0.414 e. The number of amides is 4. The third-order valence-electron chi connectivity index (χ3n) is 5.96. The van der Waals surface area contributed by atoms with Crippen LogP contribution in [0, 0.1) is 11.6 Å². The third-order valence-corrected chi connectivity index (χ3v) is 6.38. The first-order valence-electron chi connectivity index (χ1n) is 12.0. The number of ether oxygens (including phenoxy) is 1. The van der Waals surface area contributed by atoms with Crippen molar-refractivity contribution in [2.45, 2.75) is 38.6 Å². The van der Waals surface area contributed by atoms with Gasteiger partial charge < -0.3 is 26.0 Å². The van der Waals surface area contributed by atoms with Gasteiger partial charge in [-0.1, -0.05) is 23.7 Å². The van der Waals surface area contributed by atoms with E-state index in [1.807, 2.05) is 0 Å². The second-order valence-corrected chi connectivity index (χ2v) is 9.14. The Kier molecular flexibility index (Phi) is 10.4. The number of urea groups is 1. The van der Waals surface area contributed by atoms with Crippen molar-refractivity contribution in [1.82, 2.24) is 20.5 Å². The summed E-state index contributed by atoms with van der Waals surface area (Å²) in [6, 6.07) is 9.22. The summed E-state index contributed by atoms with van der Waals surface area (Å²) < 4.78 is 32.5. The van der Waals surface area contributed by atoms with Crippen molar-refractivity contribution in [2.75, 3.05) is 18.9 Å². The van der Waals surface area contributed by atoms with Crippen LogP contribution in [0.2, 0.25) is 5.02 Å². The molecule has 208 valence electrons. The molecule has 10 nitrogen and oxygen atoms in total. The lowest BCUT2D eigenvalue weighted by atomic mass is 10.1. The highest BCUT2D eigenvalue weighted by Crippen LogP contribution is 2.20. The van der Waals surface area contributed by atoms with Crippen molar-refractivity contribution in [1.29, 1.82) is 0 Å². The average molecular weight is 563 g/mol. The van der Waals surface area contributed by atoms with Crippen LogP contribution in [0.25, 0.3) is 10.8 Å². The largest absolute Gasteiger partial charge is 0.425 e. The molecule has 1 aromatic heterocycles. The summed E-state index contributed by atoms with van der Waals surface area (Å²) in [5.74, 6) is -1.43. The highest BCUT2D eigenvalue weighted by molar-refractivity contribution is 6.31. The molecule has 0 spiro atoms. The van der Waals surface area contributed by atoms with Crippen molar-refractivity contribution in [3.05, 3.63) is 70.9 Å².